The Labute approximate surface area is 154 Å². The molecule has 0 amide bonds. The Morgan fingerprint density at radius 1 is 1.12 bits per heavy atom. The molecule has 2 rings (SSSR count). The predicted molar refractivity (Wildman–Crippen MR) is 111 cm³/mol. The monoisotopic (exact) mass is 351 g/mol. The van der Waals surface area contributed by atoms with Crippen LogP contribution in [0, 0.1) is 5.41 Å². The molecule has 6 heteroatoms. The van der Waals surface area contributed by atoms with Crippen LogP contribution in [0.4, 0.5) is 22.7 Å². The third-order valence-electron chi connectivity index (χ3n) is 3.83. The van der Waals surface area contributed by atoms with Crippen LogP contribution in [0.2, 0.25) is 0 Å². The average Bonchev–Trinajstić information content (AvgIpc) is 2.67. The van der Waals surface area contributed by atoms with Crippen molar-refractivity contribution in [1.29, 1.82) is 5.41 Å². The molecule has 2 aromatic rings. The van der Waals surface area contributed by atoms with Gasteiger partial charge in [-0.25, -0.2) is 0 Å². The molecule has 6 nitrogen and oxygen atoms in total. The van der Waals surface area contributed by atoms with E-state index in [0.717, 1.165) is 40.2 Å². The van der Waals surface area contributed by atoms with Gasteiger partial charge in [0.1, 0.15) is 6.29 Å². The lowest BCUT2D eigenvalue weighted by Gasteiger charge is -2.18. The van der Waals surface area contributed by atoms with Crippen LogP contribution in [0.25, 0.3) is 5.57 Å². The molecule has 0 saturated heterocycles. The first-order chi connectivity index (χ1) is 12.7. The van der Waals surface area contributed by atoms with E-state index in [4.69, 9.17) is 5.41 Å². The van der Waals surface area contributed by atoms with E-state index >= 15 is 0 Å². The number of aldehydes is 1. The minimum Gasteiger partial charge on any atom is -0.393 e. The van der Waals surface area contributed by atoms with E-state index in [-0.39, 0.29) is 0 Å². The highest BCUT2D eigenvalue weighted by Crippen LogP contribution is 2.33. The number of carbonyl (C=O) groups excluding carboxylic acids is 1. The third-order valence-corrected chi connectivity index (χ3v) is 3.83. The van der Waals surface area contributed by atoms with Crippen molar-refractivity contribution >= 4 is 40.8 Å². The van der Waals surface area contributed by atoms with Crippen molar-refractivity contribution in [2.75, 3.05) is 36.6 Å². The molecule has 0 saturated carbocycles. The van der Waals surface area contributed by atoms with Crippen LogP contribution in [0.5, 0.6) is 0 Å². The van der Waals surface area contributed by atoms with Crippen molar-refractivity contribution < 1.29 is 4.79 Å². The number of carbonyl (C=O) groups is 1. The molecule has 0 aliphatic carbocycles. The highest BCUT2D eigenvalue weighted by molar-refractivity contribution is 6.08. The number of hydrogen-bond donors (Lipinski definition) is 5. The molecule has 0 aliphatic heterocycles. The smallest absolute Gasteiger partial charge is 0.121 e. The molecular weight excluding hydrogens is 326 g/mol. The van der Waals surface area contributed by atoms with Gasteiger partial charge in [0.2, 0.25) is 0 Å². The van der Waals surface area contributed by atoms with Gasteiger partial charge in [0, 0.05) is 50.7 Å². The van der Waals surface area contributed by atoms with Crippen molar-refractivity contribution in [3.63, 3.8) is 0 Å². The highest BCUT2D eigenvalue weighted by atomic mass is 16.1. The van der Waals surface area contributed by atoms with E-state index in [2.05, 4.69) is 21.3 Å². The number of benzene rings is 2. The van der Waals surface area contributed by atoms with Crippen LogP contribution < -0.4 is 21.3 Å². The standard InChI is InChI=1S/C20H25N5O/c1-22-14-16(13-21)15-6-3-7-17(12-15)25-19-9-4-8-18(23-2)20(19)24-10-5-11-26/h3-4,6-9,11-14,21-25H,5,10H2,1-2H3/b16-14+,21-13?. The molecule has 0 spiro atoms. The molecule has 0 atom stereocenters. The summed E-state index contributed by atoms with van der Waals surface area (Å²) in [6, 6.07) is 13.8. The van der Waals surface area contributed by atoms with Gasteiger partial charge in [0.15, 0.2) is 0 Å². The predicted octanol–water partition coefficient (Wildman–Crippen LogP) is 3.68. The van der Waals surface area contributed by atoms with Crippen molar-refractivity contribution in [3.05, 3.63) is 54.2 Å². The topological polar surface area (TPSA) is 89.0 Å². The maximum Gasteiger partial charge on any atom is 0.121 e. The summed E-state index contributed by atoms with van der Waals surface area (Å²) in [6.45, 7) is 0.569. The van der Waals surface area contributed by atoms with E-state index in [1.54, 1.807) is 6.20 Å². The Hall–Kier alpha value is -3.28. The molecule has 0 radical (unpaired) electrons. The van der Waals surface area contributed by atoms with Gasteiger partial charge in [-0.3, -0.25) is 0 Å². The van der Waals surface area contributed by atoms with Crippen molar-refractivity contribution in [2.45, 2.75) is 6.42 Å². The van der Waals surface area contributed by atoms with Crippen LogP contribution in [-0.2, 0) is 4.79 Å². The minimum atomic E-state index is 0.449. The first kappa shape index (κ1) is 19.1. The molecule has 0 aromatic heterocycles. The first-order valence-electron chi connectivity index (χ1n) is 8.47. The van der Waals surface area contributed by atoms with Gasteiger partial charge in [0.05, 0.1) is 17.1 Å². The van der Waals surface area contributed by atoms with Crippen LogP contribution >= 0.6 is 0 Å². The van der Waals surface area contributed by atoms with E-state index in [1.807, 2.05) is 56.6 Å². The normalized spacial score (nSPS) is 10.8. The fourth-order valence-corrected chi connectivity index (χ4v) is 2.61. The number of anilines is 4. The molecule has 26 heavy (non-hydrogen) atoms. The number of rotatable bonds is 10. The van der Waals surface area contributed by atoms with Crippen molar-refractivity contribution in [3.8, 4) is 0 Å². The second-order valence-electron chi connectivity index (χ2n) is 5.60. The third kappa shape index (κ3) is 4.86. The lowest BCUT2D eigenvalue weighted by atomic mass is 10.1. The first-order valence-corrected chi connectivity index (χ1v) is 8.47. The fraction of sp³-hybridized carbons (Fsp3) is 0.200. The van der Waals surface area contributed by atoms with E-state index < -0.39 is 0 Å². The molecule has 5 N–H and O–H groups in total. The van der Waals surface area contributed by atoms with Gasteiger partial charge in [-0.15, -0.1) is 0 Å². The largest absolute Gasteiger partial charge is 0.393 e. The zero-order chi connectivity index (χ0) is 18.8. The number of para-hydroxylation sites is 1. The number of nitrogens with one attached hydrogen (secondary N) is 5. The summed E-state index contributed by atoms with van der Waals surface area (Å²) in [4.78, 5) is 10.6. The van der Waals surface area contributed by atoms with Gasteiger partial charge in [0.25, 0.3) is 0 Å². The van der Waals surface area contributed by atoms with Crippen LogP contribution in [0.3, 0.4) is 0 Å². The maximum absolute atomic E-state index is 10.6. The number of allylic oxidation sites excluding steroid dienone is 1. The molecule has 136 valence electrons. The summed E-state index contributed by atoms with van der Waals surface area (Å²) in [5.41, 5.74) is 5.43. The minimum absolute atomic E-state index is 0.449. The Kier molecular flexibility index (Phi) is 7.24. The van der Waals surface area contributed by atoms with Crippen LogP contribution in [0.15, 0.2) is 48.7 Å². The molecule has 0 unspecified atom stereocenters. The lowest BCUT2D eigenvalue weighted by Crippen LogP contribution is -2.07. The van der Waals surface area contributed by atoms with Crippen LogP contribution in [-0.4, -0.2) is 33.1 Å². The average molecular weight is 351 g/mol. The highest BCUT2D eigenvalue weighted by Gasteiger charge is 2.08. The van der Waals surface area contributed by atoms with Gasteiger partial charge in [-0.05, 0) is 29.8 Å². The van der Waals surface area contributed by atoms with E-state index in [0.29, 0.717) is 13.0 Å². The van der Waals surface area contributed by atoms with E-state index in [9.17, 15) is 4.79 Å². The summed E-state index contributed by atoms with van der Waals surface area (Å²) in [6.07, 6.45) is 4.47. The molecule has 0 fully saturated rings. The maximum atomic E-state index is 10.6. The summed E-state index contributed by atoms with van der Waals surface area (Å²) in [5.74, 6) is 0. The lowest BCUT2D eigenvalue weighted by molar-refractivity contribution is -0.107. The van der Waals surface area contributed by atoms with Gasteiger partial charge >= 0.3 is 0 Å². The summed E-state index contributed by atoms with van der Waals surface area (Å²) in [5, 5.41) is 20.4. The Morgan fingerprint density at radius 2 is 1.88 bits per heavy atom. The molecule has 0 heterocycles. The second-order valence-corrected chi connectivity index (χ2v) is 5.60. The second kappa shape index (κ2) is 9.88. The summed E-state index contributed by atoms with van der Waals surface area (Å²) < 4.78 is 0. The van der Waals surface area contributed by atoms with Gasteiger partial charge in [-0.2, -0.15) is 0 Å². The Balaban J connectivity index is 2.31. The van der Waals surface area contributed by atoms with Crippen molar-refractivity contribution in [1.82, 2.24) is 5.32 Å². The zero-order valence-corrected chi connectivity index (χ0v) is 15.1. The summed E-state index contributed by atoms with van der Waals surface area (Å²) in [7, 11) is 3.68. The Morgan fingerprint density at radius 3 is 2.58 bits per heavy atom. The fourth-order valence-electron chi connectivity index (χ4n) is 2.61. The molecule has 0 aliphatic rings. The van der Waals surface area contributed by atoms with Gasteiger partial charge < -0.3 is 31.5 Å². The Bertz CT molecular complexity index is 786. The summed E-state index contributed by atoms with van der Waals surface area (Å²) >= 11 is 0. The number of hydrogen-bond acceptors (Lipinski definition) is 6. The SMILES string of the molecule is CN/C=C(\C=N)c1cccc(Nc2cccc(NC)c2NCCC=O)c1. The quantitative estimate of drug-likeness (QED) is 0.256. The zero-order valence-electron chi connectivity index (χ0n) is 15.1. The van der Waals surface area contributed by atoms with Gasteiger partial charge in [-0.1, -0.05) is 18.2 Å². The van der Waals surface area contributed by atoms with E-state index in [1.165, 1.54) is 6.21 Å². The molecular formula is C20H25N5O. The van der Waals surface area contributed by atoms with Crippen molar-refractivity contribution in [2.24, 2.45) is 0 Å². The molecule has 2 aromatic carbocycles. The van der Waals surface area contributed by atoms with Crippen LogP contribution in [0.1, 0.15) is 12.0 Å². The molecule has 0 bridgehead atoms.